The number of carbonyl (C=O) groups excluding carboxylic acids is 1. The summed E-state index contributed by atoms with van der Waals surface area (Å²) in [6.45, 7) is 0.255. The molecule has 0 saturated heterocycles. The number of hydrogen-bond acceptors (Lipinski definition) is 7. The number of hydrogen-bond donors (Lipinski definition) is 3. The van der Waals surface area contributed by atoms with E-state index in [4.69, 9.17) is 11.5 Å². The molecule has 0 saturated carbocycles. The summed E-state index contributed by atoms with van der Waals surface area (Å²) in [6.07, 6.45) is 2.61. The Kier molecular flexibility index (Phi) is 3.69. The zero-order chi connectivity index (χ0) is 15.6. The Hall–Kier alpha value is -3.17. The van der Waals surface area contributed by atoms with Crippen LogP contribution in [0.5, 0.6) is 0 Å². The van der Waals surface area contributed by atoms with E-state index < -0.39 is 10.8 Å². The van der Waals surface area contributed by atoms with Gasteiger partial charge in [-0.05, 0) is 0 Å². The van der Waals surface area contributed by atoms with Gasteiger partial charge in [0.15, 0.2) is 0 Å². The van der Waals surface area contributed by atoms with E-state index in [-0.39, 0.29) is 23.6 Å². The Balaban J connectivity index is 2.25. The molecule has 0 aromatic carbocycles. The molecule has 10 heteroatoms. The molecular weight excluding hydrogens is 278 g/mol. The fourth-order valence-electron chi connectivity index (χ4n) is 1.69. The lowest BCUT2D eigenvalue weighted by Crippen LogP contribution is -2.16. The van der Waals surface area contributed by atoms with Crippen molar-refractivity contribution < 1.29 is 9.72 Å². The van der Waals surface area contributed by atoms with E-state index in [0.29, 0.717) is 11.4 Å². The molecule has 0 spiro atoms. The SMILES string of the molecule is Cn1ncc(CNc2ncc([N+](=O)[O-])cc2C(N)=O)c1N. The number of aryl methyl sites for hydroxylation is 1. The zero-order valence-electron chi connectivity index (χ0n) is 11.1. The molecule has 0 fully saturated rings. The molecule has 21 heavy (non-hydrogen) atoms. The van der Waals surface area contributed by atoms with Gasteiger partial charge in [-0.25, -0.2) is 4.98 Å². The van der Waals surface area contributed by atoms with Crippen molar-refractivity contribution in [3.8, 4) is 0 Å². The van der Waals surface area contributed by atoms with Crippen LogP contribution in [0.1, 0.15) is 15.9 Å². The lowest BCUT2D eigenvalue weighted by atomic mass is 10.2. The molecule has 5 N–H and O–H groups in total. The summed E-state index contributed by atoms with van der Waals surface area (Å²) in [7, 11) is 1.69. The first-order chi connectivity index (χ1) is 9.90. The molecule has 0 radical (unpaired) electrons. The maximum absolute atomic E-state index is 11.4. The first kappa shape index (κ1) is 14.2. The summed E-state index contributed by atoms with van der Waals surface area (Å²) in [5.41, 5.74) is 11.3. The van der Waals surface area contributed by atoms with Crippen LogP contribution in [0.4, 0.5) is 17.3 Å². The maximum atomic E-state index is 11.4. The third-order valence-corrected chi connectivity index (χ3v) is 2.86. The first-order valence-electron chi connectivity index (χ1n) is 5.84. The van der Waals surface area contributed by atoms with E-state index in [1.807, 2.05) is 0 Å². The molecule has 0 aliphatic rings. The minimum Gasteiger partial charge on any atom is -0.384 e. The molecule has 2 aromatic heterocycles. The van der Waals surface area contributed by atoms with Crippen LogP contribution in [0.2, 0.25) is 0 Å². The number of amides is 1. The molecule has 1 amide bonds. The van der Waals surface area contributed by atoms with Gasteiger partial charge in [0.25, 0.3) is 11.6 Å². The third-order valence-electron chi connectivity index (χ3n) is 2.86. The van der Waals surface area contributed by atoms with E-state index in [2.05, 4.69) is 15.4 Å². The molecule has 0 aliphatic carbocycles. The fourth-order valence-corrected chi connectivity index (χ4v) is 1.69. The number of nitrogens with zero attached hydrogens (tertiary/aromatic N) is 4. The second-order valence-corrected chi connectivity index (χ2v) is 4.24. The van der Waals surface area contributed by atoms with Gasteiger partial charge in [0.05, 0.1) is 16.7 Å². The van der Waals surface area contributed by atoms with Crippen molar-refractivity contribution in [3.05, 3.63) is 39.7 Å². The van der Waals surface area contributed by atoms with Gasteiger partial charge < -0.3 is 16.8 Å². The Bertz CT molecular complexity index is 710. The number of rotatable bonds is 5. The van der Waals surface area contributed by atoms with Crippen LogP contribution < -0.4 is 16.8 Å². The minimum atomic E-state index is -0.812. The second-order valence-electron chi connectivity index (χ2n) is 4.24. The summed E-state index contributed by atoms with van der Waals surface area (Å²) < 4.78 is 1.50. The molecule has 2 heterocycles. The molecule has 0 atom stereocenters. The number of nitrogens with two attached hydrogens (primary N) is 2. The third kappa shape index (κ3) is 2.88. The van der Waals surface area contributed by atoms with Crippen molar-refractivity contribution >= 4 is 23.2 Å². The predicted molar refractivity (Wildman–Crippen MR) is 74.4 cm³/mol. The first-order valence-corrected chi connectivity index (χ1v) is 5.84. The lowest BCUT2D eigenvalue weighted by molar-refractivity contribution is -0.385. The summed E-state index contributed by atoms with van der Waals surface area (Å²) in [5, 5.41) is 17.5. The molecule has 0 aliphatic heterocycles. The quantitative estimate of drug-likeness (QED) is 0.517. The summed E-state index contributed by atoms with van der Waals surface area (Å²) in [5.74, 6) is -0.200. The van der Waals surface area contributed by atoms with Crippen molar-refractivity contribution in [1.29, 1.82) is 0 Å². The van der Waals surface area contributed by atoms with Gasteiger partial charge in [0.1, 0.15) is 17.8 Å². The average molecular weight is 291 g/mol. The van der Waals surface area contributed by atoms with Crippen LogP contribution in [-0.4, -0.2) is 25.6 Å². The summed E-state index contributed by atoms with van der Waals surface area (Å²) in [6, 6.07) is 1.07. The Morgan fingerprint density at radius 2 is 2.24 bits per heavy atom. The van der Waals surface area contributed by atoms with Crippen LogP contribution in [0.15, 0.2) is 18.5 Å². The van der Waals surface area contributed by atoms with Gasteiger partial charge >= 0.3 is 0 Å². The molecule has 2 aromatic rings. The fraction of sp³-hybridized carbons (Fsp3) is 0.182. The lowest BCUT2D eigenvalue weighted by Gasteiger charge is -2.08. The van der Waals surface area contributed by atoms with Crippen LogP contribution in [-0.2, 0) is 13.6 Å². The van der Waals surface area contributed by atoms with E-state index in [1.165, 1.54) is 4.68 Å². The normalized spacial score (nSPS) is 10.3. The van der Waals surface area contributed by atoms with Crippen molar-refractivity contribution in [2.75, 3.05) is 11.1 Å². The topological polar surface area (TPSA) is 155 Å². The molecule has 10 nitrogen and oxygen atoms in total. The highest BCUT2D eigenvalue weighted by atomic mass is 16.6. The van der Waals surface area contributed by atoms with Gasteiger partial charge in [-0.3, -0.25) is 19.6 Å². The summed E-state index contributed by atoms with van der Waals surface area (Å²) >= 11 is 0. The van der Waals surface area contributed by atoms with Gasteiger partial charge in [0.2, 0.25) is 0 Å². The highest BCUT2D eigenvalue weighted by Crippen LogP contribution is 2.20. The number of primary amides is 1. The number of carbonyl (C=O) groups is 1. The number of pyridine rings is 1. The largest absolute Gasteiger partial charge is 0.384 e. The van der Waals surface area contributed by atoms with E-state index in [1.54, 1.807) is 13.2 Å². The standard InChI is InChI=1S/C11H13N7O3/c1-17-9(12)6(4-16-17)3-14-11-8(10(13)19)2-7(5-15-11)18(20)21/h2,4-5H,3,12H2,1H3,(H2,13,19)(H,14,15). The predicted octanol–water partition coefficient (Wildman–Crippen LogP) is 0.0165. The van der Waals surface area contributed by atoms with Crippen molar-refractivity contribution in [3.63, 3.8) is 0 Å². The van der Waals surface area contributed by atoms with Gasteiger partial charge in [-0.1, -0.05) is 0 Å². The van der Waals surface area contributed by atoms with Gasteiger partial charge in [0, 0.05) is 25.2 Å². The Morgan fingerprint density at radius 1 is 1.52 bits per heavy atom. The number of aromatic nitrogens is 3. The number of nitro groups is 1. The smallest absolute Gasteiger partial charge is 0.288 e. The highest BCUT2D eigenvalue weighted by Gasteiger charge is 2.16. The van der Waals surface area contributed by atoms with Crippen molar-refractivity contribution in [1.82, 2.24) is 14.8 Å². The second kappa shape index (κ2) is 5.45. The number of nitrogen functional groups attached to an aromatic ring is 1. The van der Waals surface area contributed by atoms with Crippen LogP contribution in [0, 0.1) is 10.1 Å². The molecule has 0 unspecified atom stereocenters. The average Bonchev–Trinajstić information content (AvgIpc) is 2.76. The van der Waals surface area contributed by atoms with E-state index >= 15 is 0 Å². The number of nitrogens with one attached hydrogen (secondary N) is 1. The van der Waals surface area contributed by atoms with Crippen molar-refractivity contribution in [2.45, 2.75) is 6.54 Å². The molecule has 110 valence electrons. The van der Waals surface area contributed by atoms with Gasteiger partial charge in [-0.15, -0.1) is 0 Å². The summed E-state index contributed by atoms with van der Waals surface area (Å²) in [4.78, 5) is 25.2. The van der Waals surface area contributed by atoms with Crippen LogP contribution in [0.3, 0.4) is 0 Å². The minimum absolute atomic E-state index is 0.0633. The van der Waals surface area contributed by atoms with Gasteiger partial charge in [-0.2, -0.15) is 5.10 Å². The van der Waals surface area contributed by atoms with Crippen molar-refractivity contribution in [2.24, 2.45) is 12.8 Å². The van der Waals surface area contributed by atoms with Crippen LogP contribution >= 0.6 is 0 Å². The Morgan fingerprint density at radius 3 is 2.76 bits per heavy atom. The highest BCUT2D eigenvalue weighted by molar-refractivity contribution is 5.98. The number of anilines is 2. The van der Waals surface area contributed by atoms with E-state index in [9.17, 15) is 14.9 Å². The van der Waals surface area contributed by atoms with E-state index in [0.717, 1.165) is 12.3 Å². The monoisotopic (exact) mass is 291 g/mol. The zero-order valence-corrected chi connectivity index (χ0v) is 11.1. The molecule has 2 rings (SSSR count). The van der Waals surface area contributed by atoms with Crippen LogP contribution in [0.25, 0.3) is 0 Å². The Labute approximate surface area is 118 Å². The molecule has 0 bridgehead atoms. The maximum Gasteiger partial charge on any atom is 0.288 e. The molecular formula is C11H13N7O3.